The summed E-state index contributed by atoms with van der Waals surface area (Å²) in [7, 11) is 0. The zero-order valence-electron chi connectivity index (χ0n) is 18.6. The van der Waals surface area contributed by atoms with Crippen molar-refractivity contribution in [2.24, 2.45) is 0 Å². The molecular formula is C24H23ClFN5O3. The number of pyridine rings is 1. The van der Waals surface area contributed by atoms with Crippen molar-refractivity contribution < 1.29 is 13.9 Å². The zero-order valence-corrected chi connectivity index (χ0v) is 19.3. The van der Waals surface area contributed by atoms with Crippen LogP contribution in [0.25, 0.3) is 5.69 Å². The van der Waals surface area contributed by atoms with Crippen molar-refractivity contribution in [1.29, 1.82) is 5.26 Å². The van der Waals surface area contributed by atoms with Gasteiger partial charge in [-0.05, 0) is 43.0 Å². The molecular weight excluding hydrogens is 461 g/mol. The highest BCUT2D eigenvalue weighted by atomic mass is 35.5. The van der Waals surface area contributed by atoms with E-state index in [0.29, 0.717) is 36.4 Å². The van der Waals surface area contributed by atoms with Gasteiger partial charge in [-0.2, -0.15) is 15.0 Å². The first-order chi connectivity index (χ1) is 16.4. The molecule has 2 aromatic heterocycles. The van der Waals surface area contributed by atoms with E-state index in [0.717, 1.165) is 16.7 Å². The first kappa shape index (κ1) is 23.7. The average molecular weight is 484 g/mol. The van der Waals surface area contributed by atoms with E-state index in [9.17, 15) is 14.4 Å². The second kappa shape index (κ2) is 10.2. The maximum absolute atomic E-state index is 14.7. The zero-order chi connectivity index (χ0) is 24.1. The minimum Gasteiger partial charge on any atom is -0.438 e. The van der Waals surface area contributed by atoms with Crippen LogP contribution in [0.3, 0.4) is 0 Å². The molecule has 0 bridgehead atoms. The van der Waals surface area contributed by atoms with E-state index in [2.05, 4.69) is 21.5 Å². The van der Waals surface area contributed by atoms with E-state index < -0.39 is 11.2 Å². The fourth-order valence-electron chi connectivity index (χ4n) is 3.59. The summed E-state index contributed by atoms with van der Waals surface area (Å²) in [6, 6.07) is 10.6. The maximum atomic E-state index is 14.7. The highest BCUT2D eigenvalue weighted by molar-refractivity contribution is 6.32. The Bertz CT molecular complexity index is 1270. The van der Waals surface area contributed by atoms with Crippen molar-refractivity contribution in [2.75, 3.05) is 25.1 Å². The number of aryl methyl sites for hydroxylation is 1. The van der Waals surface area contributed by atoms with Crippen LogP contribution < -0.4 is 15.6 Å². The maximum Gasteiger partial charge on any atom is 0.292 e. The molecule has 0 unspecified atom stereocenters. The smallest absolute Gasteiger partial charge is 0.292 e. The lowest BCUT2D eigenvalue weighted by atomic mass is 9.99. The van der Waals surface area contributed by atoms with Crippen LogP contribution in [0.2, 0.25) is 5.02 Å². The molecule has 1 saturated heterocycles. The van der Waals surface area contributed by atoms with Crippen LogP contribution in [0, 0.1) is 11.3 Å². The number of hydrogen-bond donors (Lipinski definition) is 1. The third kappa shape index (κ3) is 5.19. The Morgan fingerprint density at radius 2 is 2.21 bits per heavy atom. The lowest BCUT2D eigenvalue weighted by Gasteiger charge is -2.29. The van der Waals surface area contributed by atoms with Gasteiger partial charge in [0.05, 0.1) is 42.5 Å². The molecule has 1 atom stereocenters. The number of nitrogens with one attached hydrogen (secondary N) is 1. The number of ether oxygens (including phenoxy) is 2. The Balaban J connectivity index is 1.50. The highest BCUT2D eigenvalue weighted by Gasteiger charge is 2.32. The Labute approximate surface area is 200 Å². The molecule has 0 amide bonds. The molecule has 1 aliphatic rings. The van der Waals surface area contributed by atoms with Crippen LogP contribution in [-0.4, -0.2) is 40.2 Å². The molecule has 1 fully saturated rings. The van der Waals surface area contributed by atoms with Gasteiger partial charge in [0.15, 0.2) is 5.67 Å². The number of aromatic nitrogens is 3. The molecule has 1 aliphatic heterocycles. The number of rotatable bonds is 7. The lowest BCUT2D eigenvalue weighted by molar-refractivity contribution is -0.0234. The van der Waals surface area contributed by atoms with Crippen molar-refractivity contribution in [3.05, 3.63) is 69.2 Å². The van der Waals surface area contributed by atoms with Crippen LogP contribution >= 0.6 is 11.6 Å². The van der Waals surface area contributed by atoms with E-state index in [1.165, 1.54) is 12.4 Å². The van der Waals surface area contributed by atoms with Gasteiger partial charge in [-0.25, -0.2) is 9.37 Å². The third-order valence-electron chi connectivity index (χ3n) is 5.54. The van der Waals surface area contributed by atoms with Gasteiger partial charge in [-0.15, -0.1) is 0 Å². The molecule has 3 heterocycles. The van der Waals surface area contributed by atoms with Gasteiger partial charge < -0.3 is 14.8 Å². The topological polar surface area (TPSA) is 102 Å². The molecule has 34 heavy (non-hydrogen) atoms. The van der Waals surface area contributed by atoms with E-state index in [1.807, 2.05) is 13.0 Å². The minimum atomic E-state index is -1.52. The van der Waals surface area contributed by atoms with Crippen molar-refractivity contribution >= 4 is 17.3 Å². The molecule has 0 radical (unpaired) electrons. The normalized spacial score (nSPS) is 17.7. The minimum absolute atomic E-state index is 0.000795. The van der Waals surface area contributed by atoms with Gasteiger partial charge in [0.25, 0.3) is 5.56 Å². The van der Waals surface area contributed by atoms with Gasteiger partial charge in [-0.1, -0.05) is 24.6 Å². The summed E-state index contributed by atoms with van der Waals surface area (Å²) in [5.74, 6) is 0.666. The average Bonchev–Trinajstić information content (AvgIpc) is 2.86. The molecule has 10 heteroatoms. The van der Waals surface area contributed by atoms with Crippen LogP contribution in [0.5, 0.6) is 11.6 Å². The van der Waals surface area contributed by atoms with E-state index in [1.54, 1.807) is 24.3 Å². The summed E-state index contributed by atoms with van der Waals surface area (Å²) in [6.45, 7) is 2.53. The fourth-order valence-corrected chi connectivity index (χ4v) is 3.78. The van der Waals surface area contributed by atoms with Crippen LogP contribution in [0.1, 0.15) is 30.9 Å². The summed E-state index contributed by atoms with van der Waals surface area (Å²) < 4.78 is 26.8. The Morgan fingerprint density at radius 3 is 2.88 bits per heavy atom. The van der Waals surface area contributed by atoms with Gasteiger partial charge in [0.2, 0.25) is 5.88 Å². The fraction of sp³-hybridized carbons (Fsp3) is 0.333. The molecule has 176 valence electrons. The number of alkyl halides is 1. The Kier molecular flexibility index (Phi) is 7.10. The molecule has 4 rings (SSSR count). The SMILES string of the molecule is CCc1ccc(C#N)c(Oc2ccc(-n3ncc(NC[C@@]4(F)CCCOC4)c(Cl)c3=O)cn2)c1. The number of nitriles is 1. The van der Waals surface area contributed by atoms with Gasteiger partial charge in [0.1, 0.15) is 16.8 Å². The molecule has 0 spiro atoms. The quantitative estimate of drug-likeness (QED) is 0.530. The van der Waals surface area contributed by atoms with Gasteiger partial charge >= 0.3 is 0 Å². The molecule has 0 saturated carbocycles. The van der Waals surface area contributed by atoms with Crippen LogP contribution in [0.15, 0.2) is 47.5 Å². The second-order valence-corrected chi connectivity index (χ2v) is 8.38. The van der Waals surface area contributed by atoms with Gasteiger partial charge in [0, 0.05) is 12.7 Å². The second-order valence-electron chi connectivity index (χ2n) is 8.00. The number of nitrogens with zero attached hydrogens (tertiary/aromatic N) is 4. The van der Waals surface area contributed by atoms with E-state index in [4.69, 9.17) is 21.1 Å². The molecule has 8 nitrogen and oxygen atoms in total. The summed E-state index contributed by atoms with van der Waals surface area (Å²) in [5, 5.41) is 16.2. The Hall–Kier alpha value is -3.48. The predicted octanol–water partition coefficient (Wildman–Crippen LogP) is 4.44. The standard InChI is InChI=1S/C24H23ClFN5O3/c1-2-16-4-5-17(11-27)20(10-16)34-21-7-6-18(12-28-21)31-23(32)22(25)19(13-30-31)29-14-24(26)8-3-9-33-15-24/h4-7,10,12-13,29H,2-3,8-9,14-15H2,1H3/t24-/m0/s1. The highest BCUT2D eigenvalue weighted by Crippen LogP contribution is 2.27. The first-order valence-electron chi connectivity index (χ1n) is 10.9. The molecule has 1 N–H and O–H groups in total. The summed E-state index contributed by atoms with van der Waals surface area (Å²) >= 11 is 6.25. The van der Waals surface area contributed by atoms with Crippen molar-refractivity contribution in [1.82, 2.24) is 14.8 Å². The summed E-state index contributed by atoms with van der Waals surface area (Å²) in [6.07, 6.45) is 4.60. The summed E-state index contributed by atoms with van der Waals surface area (Å²) in [4.78, 5) is 17.0. The number of benzene rings is 1. The van der Waals surface area contributed by atoms with Gasteiger partial charge in [-0.3, -0.25) is 4.79 Å². The van der Waals surface area contributed by atoms with Crippen LogP contribution in [-0.2, 0) is 11.2 Å². The van der Waals surface area contributed by atoms with Crippen molar-refractivity contribution in [3.63, 3.8) is 0 Å². The third-order valence-corrected chi connectivity index (χ3v) is 5.91. The van der Waals surface area contributed by atoms with Crippen LogP contribution in [0.4, 0.5) is 10.1 Å². The number of anilines is 1. The molecule has 0 aliphatic carbocycles. The monoisotopic (exact) mass is 483 g/mol. The molecule has 3 aromatic rings. The molecule has 1 aromatic carbocycles. The first-order valence-corrected chi connectivity index (χ1v) is 11.3. The largest absolute Gasteiger partial charge is 0.438 e. The van der Waals surface area contributed by atoms with Crippen molar-refractivity contribution in [3.8, 4) is 23.4 Å². The summed E-state index contributed by atoms with van der Waals surface area (Å²) in [5.41, 5.74) is -0.0462. The number of hydrogen-bond acceptors (Lipinski definition) is 7. The van der Waals surface area contributed by atoms with Crippen molar-refractivity contribution in [2.45, 2.75) is 31.9 Å². The lowest BCUT2D eigenvalue weighted by Crippen LogP contribution is -2.40. The number of halogens is 2. The predicted molar refractivity (Wildman–Crippen MR) is 126 cm³/mol. The van der Waals surface area contributed by atoms with E-state index in [-0.39, 0.29) is 29.7 Å². The Morgan fingerprint density at radius 1 is 1.35 bits per heavy atom. The van der Waals surface area contributed by atoms with E-state index >= 15 is 0 Å².